The second kappa shape index (κ2) is 5.31. The summed E-state index contributed by atoms with van der Waals surface area (Å²) in [7, 11) is 1.62. The summed E-state index contributed by atoms with van der Waals surface area (Å²) in [6, 6.07) is 3.30. The molecule has 0 radical (unpaired) electrons. The third-order valence-electron chi connectivity index (χ3n) is 2.32. The van der Waals surface area contributed by atoms with Crippen LogP contribution in [0.15, 0.2) is 18.2 Å². The summed E-state index contributed by atoms with van der Waals surface area (Å²) in [5.41, 5.74) is 0.00375. The van der Waals surface area contributed by atoms with Crippen molar-refractivity contribution in [2.24, 2.45) is 0 Å². The Morgan fingerprint density at radius 3 is 2.53 bits per heavy atom. The van der Waals surface area contributed by atoms with Gasteiger partial charge >= 0.3 is 5.97 Å². The molecule has 0 heterocycles. The van der Waals surface area contributed by atoms with Gasteiger partial charge in [0.2, 0.25) is 5.91 Å². The SMILES string of the molecule is CNC(C)C(=O)Nc1ccc(O)cc1C(=O)O. The summed E-state index contributed by atoms with van der Waals surface area (Å²) in [5, 5.41) is 23.3. The highest BCUT2D eigenvalue weighted by Gasteiger charge is 2.16. The van der Waals surface area contributed by atoms with Crippen LogP contribution in [0, 0.1) is 0 Å². The van der Waals surface area contributed by atoms with Gasteiger partial charge in [0.05, 0.1) is 17.3 Å². The van der Waals surface area contributed by atoms with Gasteiger partial charge < -0.3 is 20.8 Å². The molecule has 1 atom stereocenters. The predicted octanol–water partition coefficient (Wildman–Crippen LogP) is 0.637. The molecule has 92 valence electrons. The van der Waals surface area contributed by atoms with E-state index in [2.05, 4.69) is 10.6 Å². The number of likely N-dealkylation sites (N-methyl/N-ethyl adjacent to an activating group) is 1. The van der Waals surface area contributed by atoms with Gasteiger partial charge in [0.1, 0.15) is 5.75 Å². The molecule has 1 unspecified atom stereocenters. The number of carbonyl (C=O) groups is 2. The fourth-order valence-corrected chi connectivity index (χ4v) is 1.19. The van der Waals surface area contributed by atoms with Gasteiger partial charge in [-0.25, -0.2) is 4.79 Å². The molecule has 1 aromatic carbocycles. The normalized spacial score (nSPS) is 11.9. The Kier molecular flexibility index (Phi) is 4.06. The zero-order valence-electron chi connectivity index (χ0n) is 9.52. The second-order valence-corrected chi connectivity index (χ2v) is 3.53. The smallest absolute Gasteiger partial charge is 0.337 e. The van der Waals surface area contributed by atoms with Crippen molar-refractivity contribution >= 4 is 17.6 Å². The number of hydrogen-bond acceptors (Lipinski definition) is 4. The van der Waals surface area contributed by atoms with Gasteiger partial charge in [-0.1, -0.05) is 0 Å². The zero-order valence-corrected chi connectivity index (χ0v) is 9.52. The monoisotopic (exact) mass is 238 g/mol. The number of carboxylic acid groups (broad SMARTS) is 1. The van der Waals surface area contributed by atoms with Crippen LogP contribution >= 0.6 is 0 Å². The van der Waals surface area contributed by atoms with Gasteiger partial charge in [-0.2, -0.15) is 0 Å². The fourth-order valence-electron chi connectivity index (χ4n) is 1.19. The Hall–Kier alpha value is -2.08. The number of nitrogens with one attached hydrogen (secondary N) is 2. The first-order valence-corrected chi connectivity index (χ1v) is 5.00. The van der Waals surface area contributed by atoms with Gasteiger partial charge in [0.25, 0.3) is 0 Å². The average Bonchev–Trinajstić information content (AvgIpc) is 2.29. The molecule has 0 aromatic heterocycles. The van der Waals surface area contributed by atoms with E-state index in [0.29, 0.717) is 0 Å². The molecule has 0 aliphatic heterocycles. The number of hydrogen-bond donors (Lipinski definition) is 4. The summed E-state index contributed by atoms with van der Waals surface area (Å²) in [6.07, 6.45) is 0. The molecule has 17 heavy (non-hydrogen) atoms. The van der Waals surface area contributed by atoms with E-state index < -0.39 is 12.0 Å². The minimum absolute atomic E-state index is 0.151. The number of rotatable bonds is 4. The average molecular weight is 238 g/mol. The van der Waals surface area contributed by atoms with E-state index in [1.165, 1.54) is 12.1 Å². The maximum Gasteiger partial charge on any atom is 0.337 e. The maximum absolute atomic E-state index is 11.6. The van der Waals surface area contributed by atoms with Crippen LogP contribution in [0.1, 0.15) is 17.3 Å². The lowest BCUT2D eigenvalue weighted by Gasteiger charge is -2.12. The predicted molar refractivity (Wildman–Crippen MR) is 62.2 cm³/mol. The molecule has 0 saturated carbocycles. The molecule has 1 aromatic rings. The van der Waals surface area contributed by atoms with Crippen molar-refractivity contribution in [3.05, 3.63) is 23.8 Å². The number of carboxylic acids is 1. The highest BCUT2D eigenvalue weighted by atomic mass is 16.4. The molecule has 0 aliphatic rings. The van der Waals surface area contributed by atoms with Crippen LogP contribution in [0.4, 0.5) is 5.69 Å². The first kappa shape index (κ1) is 13.0. The molecular formula is C11H14N2O4. The van der Waals surface area contributed by atoms with Crippen molar-refractivity contribution in [3.8, 4) is 5.75 Å². The minimum atomic E-state index is -1.21. The number of phenolic OH excluding ortho intramolecular Hbond substituents is 1. The lowest BCUT2D eigenvalue weighted by atomic mass is 10.1. The summed E-state index contributed by atoms with van der Waals surface area (Å²) < 4.78 is 0. The van der Waals surface area contributed by atoms with Crippen molar-refractivity contribution in [1.29, 1.82) is 0 Å². The Morgan fingerprint density at radius 2 is 2.00 bits per heavy atom. The van der Waals surface area contributed by atoms with Crippen molar-refractivity contribution < 1.29 is 19.8 Å². The lowest BCUT2D eigenvalue weighted by molar-refractivity contribution is -0.117. The van der Waals surface area contributed by atoms with Gasteiger partial charge in [-0.3, -0.25) is 4.79 Å². The highest BCUT2D eigenvalue weighted by Crippen LogP contribution is 2.21. The summed E-state index contributed by atoms with van der Waals surface area (Å²) in [4.78, 5) is 22.5. The zero-order chi connectivity index (χ0) is 13.0. The molecule has 0 fully saturated rings. The molecule has 1 amide bonds. The Labute approximate surface area is 98.3 Å². The van der Waals surface area contributed by atoms with E-state index >= 15 is 0 Å². The van der Waals surface area contributed by atoms with Crippen LogP contribution in [-0.2, 0) is 4.79 Å². The second-order valence-electron chi connectivity index (χ2n) is 3.53. The number of aromatic hydroxyl groups is 1. The van der Waals surface area contributed by atoms with Crippen LogP contribution in [-0.4, -0.2) is 35.2 Å². The van der Waals surface area contributed by atoms with Crippen molar-refractivity contribution in [1.82, 2.24) is 5.32 Å². The Bertz CT molecular complexity index is 445. The summed E-state index contributed by atoms with van der Waals surface area (Å²) in [6.45, 7) is 1.65. The minimum Gasteiger partial charge on any atom is -0.508 e. The largest absolute Gasteiger partial charge is 0.508 e. The van der Waals surface area contributed by atoms with Gasteiger partial charge in [-0.15, -0.1) is 0 Å². The number of carbonyl (C=O) groups excluding carboxylic acids is 1. The van der Waals surface area contributed by atoms with Crippen molar-refractivity contribution in [2.75, 3.05) is 12.4 Å². The number of benzene rings is 1. The highest BCUT2D eigenvalue weighted by molar-refractivity contribution is 6.02. The Balaban J connectivity index is 2.98. The topological polar surface area (TPSA) is 98.7 Å². The van der Waals surface area contributed by atoms with Gasteiger partial charge in [-0.05, 0) is 32.2 Å². The third-order valence-corrected chi connectivity index (χ3v) is 2.32. The van der Waals surface area contributed by atoms with Crippen LogP contribution in [0.3, 0.4) is 0 Å². The molecule has 0 aliphatic carbocycles. The van der Waals surface area contributed by atoms with Crippen LogP contribution in [0.25, 0.3) is 0 Å². The molecule has 0 spiro atoms. The quantitative estimate of drug-likeness (QED) is 0.577. The first-order chi connectivity index (χ1) is 7.95. The standard InChI is InChI=1S/C11H14N2O4/c1-6(12-2)10(15)13-9-4-3-7(14)5-8(9)11(16)17/h3-6,12,14H,1-2H3,(H,13,15)(H,16,17). The summed E-state index contributed by atoms with van der Waals surface area (Å²) in [5.74, 6) is -1.73. The number of anilines is 1. The van der Waals surface area contributed by atoms with Crippen LogP contribution < -0.4 is 10.6 Å². The van der Waals surface area contributed by atoms with Crippen LogP contribution in [0.5, 0.6) is 5.75 Å². The van der Waals surface area contributed by atoms with E-state index in [1.807, 2.05) is 0 Å². The molecule has 4 N–H and O–H groups in total. The van der Waals surface area contributed by atoms with E-state index in [0.717, 1.165) is 6.07 Å². The molecule has 1 rings (SSSR count). The molecular weight excluding hydrogens is 224 g/mol. The van der Waals surface area contributed by atoms with E-state index in [9.17, 15) is 14.7 Å². The molecule has 6 heteroatoms. The van der Waals surface area contributed by atoms with E-state index in [4.69, 9.17) is 5.11 Å². The first-order valence-electron chi connectivity index (χ1n) is 5.00. The maximum atomic E-state index is 11.6. The number of phenols is 1. The van der Waals surface area contributed by atoms with Crippen molar-refractivity contribution in [2.45, 2.75) is 13.0 Å². The van der Waals surface area contributed by atoms with Crippen LogP contribution in [0.2, 0.25) is 0 Å². The number of amides is 1. The molecule has 0 bridgehead atoms. The van der Waals surface area contributed by atoms with Gasteiger partial charge in [0.15, 0.2) is 0 Å². The third kappa shape index (κ3) is 3.18. The van der Waals surface area contributed by atoms with E-state index in [1.54, 1.807) is 14.0 Å². The fraction of sp³-hybridized carbons (Fsp3) is 0.273. The molecule has 6 nitrogen and oxygen atoms in total. The van der Waals surface area contributed by atoms with E-state index in [-0.39, 0.29) is 22.9 Å². The Morgan fingerprint density at radius 1 is 1.35 bits per heavy atom. The number of aromatic carboxylic acids is 1. The molecule has 0 saturated heterocycles. The van der Waals surface area contributed by atoms with Gasteiger partial charge in [0, 0.05) is 0 Å². The summed E-state index contributed by atoms with van der Waals surface area (Å²) >= 11 is 0. The lowest BCUT2D eigenvalue weighted by Crippen LogP contribution is -2.35. The van der Waals surface area contributed by atoms with Crippen molar-refractivity contribution in [3.63, 3.8) is 0 Å².